The number of hydrogen-bond donors (Lipinski definition) is 2. The van der Waals surface area contributed by atoms with Crippen molar-refractivity contribution in [1.29, 1.82) is 0 Å². The van der Waals surface area contributed by atoms with Crippen LogP contribution in [0.2, 0.25) is 0 Å². The average molecular weight is 335 g/mol. The van der Waals surface area contributed by atoms with Gasteiger partial charge in [0.05, 0.1) is 18.8 Å². The van der Waals surface area contributed by atoms with Crippen molar-refractivity contribution in [3.05, 3.63) is 22.8 Å². The molecule has 3 rings (SSSR count). The van der Waals surface area contributed by atoms with Crippen LogP contribution in [0.25, 0.3) is 0 Å². The van der Waals surface area contributed by atoms with Crippen LogP contribution in [0.1, 0.15) is 36.2 Å². The number of nitrogens with zero attached hydrogens (tertiary/aromatic N) is 5. The van der Waals surface area contributed by atoms with Crippen molar-refractivity contribution in [2.75, 3.05) is 26.0 Å². The molecule has 9 heteroatoms. The maximum atomic E-state index is 5.23. The average Bonchev–Trinajstić information content (AvgIpc) is 3.10. The lowest BCUT2D eigenvalue weighted by molar-refractivity contribution is 0.370. The minimum absolute atomic E-state index is 0.458. The number of anilines is 1. The van der Waals surface area contributed by atoms with Gasteiger partial charge in [0.15, 0.2) is 16.9 Å². The fourth-order valence-electron chi connectivity index (χ4n) is 1.98. The van der Waals surface area contributed by atoms with Crippen molar-refractivity contribution >= 4 is 22.4 Å². The first-order valence-electron chi connectivity index (χ1n) is 7.54. The Morgan fingerprint density at radius 3 is 2.78 bits per heavy atom. The van der Waals surface area contributed by atoms with Gasteiger partial charge in [0.2, 0.25) is 5.89 Å². The predicted octanol–water partition coefficient (Wildman–Crippen LogP) is 1.33. The van der Waals surface area contributed by atoms with E-state index in [4.69, 9.17) is 4.52 Å². The molecule has 0 bridgehead atoms. The summed E-state index contributed by atoms with van der Waals surface area (Å²) in [7, 11) is 5.69. The molecule has 124 valence electrons. The number of rotatable bonds is 6. The molecule has 0 saturated heterocycles. The quantitative estimate of drug-likeness (QED) is 0.608. The maximum absolute atomic E-state index is 5.23. The minimum atomic E-state index is 0.458. The van der Waals surface area contributed by atoms with Gasteiger partial charge < -0.3 is 20.1 Å². The molecule has 0 radical (unpaired) electrons. The lowest BCUT2D eigenvalue weighted by Crippen LogP contribution is -2.36. The van der Waals surface area contributed by atoms with E-state index in [0.717, 1.165) is 29.5 Å². The van der Waals surface area contributed by atoms with Gasteiger partial charge in [-0.3, -0.25) is 4.99 Å². The third-order valence-corrected chi connectivity index (χ3v) is 4.47. The molecular weight excluding hydrogens is 314 g/mol. The van der Waals surface area contributed by atoms with Crippen LogP contribution in [0.15, 0.2) is 14.9 Å². The van der Waals surface area contributed by atoms with Gasteiger partial charge in [-0.25, -0.2) is 4.98 Å². The summed E-state index contributed by atoms with van der Waals surface area (Å²) in [5.74, 6) is 2.58. The third-order valence-electron chi connectivity index (χ3n) is 3.42. The Morgan fingerprint density at radius 1 is 1.35 bits per heavy atom. The van der Waals surface area contributed by atoms with Gasteiger partial charge in [-0.1, -0.05) is 5.16 Å². The van der Waals surface area contributed by atoms with Crippen LogP contribution in [-0.4, -0.2) is 42.2 Å². The first-order chi connectivity index (χ1) is 11.2. The predicted molar refractivity (Wildman–Crippen MR) is 89.8 cm³/mol. The van der Waals surface area contributed by atoms with E-state index in [-0.39, 0.29) is 0 Å². The zero-order valence-corrected chi connectivity index (χ0v) is 14.4. The maximum Gasteiger partial charge on any atom is 0.246 e. The van der Waals surface area contributed by atoms with E-state index in [9.17, 15) is 0 Å². The molecular formula is C14H21N7OS. The van der Waals surface area contributed by atoms with Crippen molar-refractivity contribution in [3.63, 3.8) is 0 Å². The molecule has 0 aromatic carbocycles. The van der Waals surface area contributed by atoms with Crippen molar-refractivity contribution in [2.24, 2.45) is 4.99 Å². The second kappa shape index (κ2) is 6.95. The Hall–Kier alpha value is -2.16. The lowest BCUT2D eigenvalue weighted by Gasteiger charge is -2.09. The molecule has 0 aliphatic heterocycles. The molecule has 2 aromatic rings. The summed E-state index contributed by atoms with van der Waals surface area (Å²) in [6, 6.07) is 0. The molecule has 2 N–H and O–H groups in total. The van der Waals surface area contributed by atoms with Gasteiger partial charge in [-0.05, 0) is 12.8 Å². The van der Waals surface area contributed by atoms with Crippen LogP contribution in [0.4, 0.5) is 5.13 Å². The van der Waals surface area contributed by atoms with E-state index in [1.807, 2.05) is 24.4 Å². The summed E-state index contributed by atoms with van der Waals surface area (Å²) in [6.07, 6.45) is 2.33. The molecule has 0 amide bonds. The minimum Gasteiger partial charge on any atom is -0.354 e. The van der Waals surface area contributed by atoms with Gasteiger partial charge >= 0.3 is 0 Å². The number of hydrogen-bond acceptors (Lipinski definition) is 7. The summed E-state index contributed by atoms with van der Waals surface area (Å²) in [5.41, 5.74) is 0.982. The van der Waals surface area contributed by atoms with Crippen molar-refractivity contribution < 1.29 is 4.52 Å². The van der Waals surface area contributed by atoms with Crippen LogP contribution in [-0.2, 0) is 13.1 Å². The van der Waals surface area contributed by atoms with E-state index in [1.165, 1.54) is 0 Å². The van der Waals surface area contributed by atoms with E-state index in [2.05, 4.69) is 30.8 Å². The number of aromatic nitrogens is 3. The molecule has 8 nitrogen and oxygen atoms in total. The SMILES string of the molecule is CN=C(NCc1csc(N(C)C)n1)NCc1nc(C2CC2)no1. The summed E-state index contributed by atoms with van der Waals surface area (Å²) in [4.78, 5) is 15.1. The molecule has 0 unspecified atom stereocenters. The Kier molecular flexibility index (Phi) is 4.75. The molecule has 1 aliphatic rings. The largest absolute Gasteiger partial charge is 0.354 e. The highest BCUT2D eigenvalue weighted by Crippen LogP contribution is 2.38. The highest BCUT2D eigenvalue weighted by Gasteiger charge is 2.28. The monoisotopic (exact) mass is 335 g/mol. The van der Waals surface area contributed by atoms with Gasteiger partial charge in [-0.15, -0.1) is 11.3 Å². The highest BCUT2D eigenvalue weighted by atomic mass is 32.1. The third kappa shape index (κ3) is 4.19. The molecule has 23 heavy (non-hydrogen) atoms. The van der Waals surface area contributed by atoms with Crippen LogP contribution < -0.4 is 15.5 Å². The summed E-state index contributed by atoms with van der Waals surface area (Å²) in [5, 5.41) is 13.4. The van der Waals surface area contributed by atoms with Crippen molar-refractivity contribution in [3.8, 4) is 0 Å². The van der Waals surface area contributed by atoms with Crippen LogP contribution in [0, 0.1) is 0 Å². The summed E-state index contributed by atoms with van der Waals surface area (Å²) >= 11 is 1.62. The number of guanidine groups is 1. The van der Waals surface area contributed by atoms with E-state index in [1.54, 1.807) is 18.4 Å². The van der Waals surface area contributed by atoms with E-state index in [0.29, 0.717) is 30.9 Å². The molecule has 1 saturated carbocycles. The van der Waals surface area contributed by atoms with Gasteiger partial charge in [-0.2, -0.15) is 4.98 Å². The fraction of sp³-hybridized carbons (Fsp3) is 0.571. The number of aliphatic imine (C=N–C) groups is 1. The first-order valence-corrected chi connectivity index (χ1v) is 8.42. The molecule has 2 heterocycles. The van der Waals surface area contributed by atoms with Crippen molar-refractivity contribution in [1.82, 2.24) is 25.8 Å². The first kappa shape index (κ1) is 15.7. The summed E-state index contributed by atoms with van der Waals surface area (Å²) < 4.78 is 5.23. The molecule has 1 fully saturated rings. The number of nitrogens with one attached hydrogen (secondary N) is 2. The van der Waals surface area contributed by atoms with E-state index >= 15 is 0 Å². The lowest BCUT2D eigenvalue weighted by atomic mass is 10.4. The van der Waals surface area contributed by atoms with Crippen LogP contribution in [0.3, 0.4) is 0 Å². The van der Waals surface area contributed by atoms with Crippen LogP contribution in [0.5, 0.6) is 0 Å². The topological polar surface area (TPSA) is 91.5 Å². The molecule has 0 atom stereocenters. The van der Waals surface area contributed by atoms with Crippen molar-refractivity contribution in [2.45, 2.75) is 31.8 Å². The molecule has 0 spiro atoms. The Balaban J connectivity index is 1.47. The molecule has 1 aliphatic carbocycles. The number of thiazole rings is 1. The second-order valence-electron chi connectivity index (χ2n) is 5.62. The summed E-state index contributed by atoms with van der Waals surface area (Å²) in [6.45, 7) is 1.07. The Morgan fingerprint density at radius 2 is 2.13 bits per heavy atom. The van der Waals surface area contributed by atoms with E-state index < -0.39 is 0 Å². The highest BCUT2D eigenvalue weighted by molar-refractivity contribution is 7.13. The smallest absolute Gasteiger partial charge is 0.246 e. The fourth-order valence-corrected chi connectivity index (χ4v) is 2.74. The van der Waals surface area contributed by atoms with Crippen LogP contribution >= 0.6 is 11.3 Å². The van der Waals surface area contributed by atoms with Gasteiger partial charge in [0, 0.05) is 32.4 Å². The Bertz CT molecular complexity index is 628. The standard InChI is InChI=1S/C14H21N7OS/c1-15-13(16-6-10-8-23-14(18-10)21(2)3)17-7-11-19-12(20-22-11)9-4-5-9/h8-9H,4-7H2,1-3H3,(H2,15,16,17). The zero-order valence-electron chi connectivity index (χ0n) is 13.5. The Labute approximate surface area is 139 Å². The normalized spacial score (nSPS) is 14.8. The van der Waals surface area contributed by atoms with Gasteiger partial charge in [0.1, 0.15) is 0 Å². The second-order valence-corrected chi connectivity index (χ2v) is 6.45. The molecule has 2 aromatic heterocycles. The zero-order chi connectivity index (χ0) is 16.2. The van der Waals surface area contributed by atoms with Gasteiger partial charge in [0.25, 0.3) is 0 Å².